The molecule has 0 saturated heterocycles. The number of carbonyl (C=O) groups excluding carboxylic acids is 2. The molecule has 4 nitrogen and oxygen atoms in total. The molecule has 0 aliphatic carbocycles. The van der Waals surface area contributed by atoms with Crippen molar-refractivity contribution < 1.29 is 9.59 Å². The van der Waals surface area contributed by atoms with E-state index in [0.717, 1.165) is 6.29 Å². The third-order valence-electron chi connectivity index (χ3n) is 1.95. The van der Waals surface area contributed by atoms with Crippen LogP contribution in [0.2, 0.25) is 0 Å². The number of aldehydes is 1. The zero-order chi connectivity index (χ0) is 10.6. The molecule has 13 heavy (non-hydrogen) atoms. The summed E-state index contributed by atoms with van der Waals surface area (Å²) in [6.07, 6.45) is 0.812. The molecule has 0 rings (SSSR count). The van der Waals surface area contributed by atoms with Gasteiger partial charge in [-0.3, -0.25) is 0 Å². The highest BCUT2D eigenvalue weighted by atomic mass is 16.2. The van der Waals surface area contributed by atoms with Gasteiger partial charge in [0.1, 0.15) is 6.29 Å². The molecule has 76 valence electrons. The number of likely N-dealkylation sites (N-methyl/N-ethyl adjacent to an activating group) is 1. The first-order chi connectivity index (χ1) is 5.91. The molecule has 0 aliphatic rings. The molecule has 2 amide bonds. The van der Waals surface area contributed by atoms with E-state index in [1.165, 1.54) is 9.80 Å². The normalized spacial score (nSPS) is 12.5. The van der Waals surface area contributed by atoms with Gasteiger partial charge in [-0.2, -0.15) is 0 Å². The Kier molecular flexibility index (Phi) is 4.45. The maximum Gasteiger partial charge on any atom is 0.319 e. The fourth-order valence-electron chi connectivity index (χ4n) is 1.14. The van der Waals surface area contributed by atoms with Gasteiger partial charge in [0.2, 0.25) is 0 Å². The van der Waals surface area contributed by atoms with Gasteiger partial charge in [0.25, 0.3) is 0 Å². The minimum Gasteiger partial charge on any atom is -0.331 e. The van der Waals surface area contributed by atoms with Crippen LogP contribution in [0.1, 0.15) is 13.8 Å². The minimum atomic E-state index is -0.338. The van der Waals surface area contributed by atoms with Gasteiger partial charge < -0.3 is 14.6 Å². The Labute approximate surface area is 79.5 Å². The average Bonchev–Trinajstić information content (AvgIpc) is 2.03. The van der Waals surface area contributed by atoms with Crippen molar-refractivity contribution >= 4 is 12.3 Å². The van der Waals surface area contributed by atoms with Gasteiger partial charge in [-0.15, -0.1) is 0 Å². The largest absolute Gasteiger partial charge is 0.331 e. The molecule has 0 aromatic heterocycles. The van der Waals surface area contributed by atoms with Crippen LogP contribution in [0.15, 0.2) is 0 Å². The lowest BCUT2D eigenvalue weighted by molar-refractivity contribution is -0.112. The molecule has 0 N–H and O–H groups in total. The molecule has 0 saturated carbocycles. The Morgan fingerprint density at radius 2 is 1.69 bits per heavy atom. The van der Waals surface area contributed by atoms with Gasteiger partial charge in [-0.25, -0.2) is 4.79 Å². The fraction of sp³-hybridized carbons (Fsp3) is 0.778. The highest BCUT2D eigenvalue weighted by Crippen LogP contribution is 2.07. The second-order valence-corrected chi connectivity index (χ2v) is 3.66. The molecular weight excluding hydrogens is 168 g/mol. The number of urea groups is 1. The smallest absolute Gasteiger partial charge is 0.319 e. The molecule has 1 atom stereocenters. The predicted octanol–water partition coefficient (Wildman–Crippen LogP) is 0.823. The van der Waals surface area contributed by atoms with Crippen LogP contribution in [-0.2, 0) is 4.79 Å². The third kappa shape index (κ3) is 3.05. The monoisotopic (exact) mass is 186 g/mol. The molecule has 0 fully saturated rings. The number of nitrogens with zero attached hydrogens (tertiary/aromatic N) is 2. The van der Waals surface area contributed by atoms with E-state index >= 15 is 0 Å². The molecule has 0 aromatic rings. The summed E-state index contributed by atoms with van der Waals surface area (Å²) in [6, 6.07) is -0.485. The lowest BCUT2D eigenvalue weighted by atomic mass is 10.1. The molecule has 4 heteroatoms. The third-order valence-corrected chi connectivity index (χ3v) is 1.95. The average molecular weight is 186 g/mol. The summed E-state index contributed by atoms with van der Waals surface area (Å²) in [5, 5.41) is 0. The van der Waals surface area contributed by atoms with Crippen molar-refractivity contribution in [3.8, 4) is 0 Å². The number of carbonyl (C=O) groups is 2. The van der Waals surface area contributed by atoms with E-state index in [-0.39, 0.29) is 18.0 Å². The van der Waals surface area contributed by atoms with Crippen LogP contribution in [0.3, 0.4) is 0 Å². The summed E-state index contributed by atoms with van der Waals surface area (Å²) >= 11 is 0. The van der Waals surface area contributed by atoms with Crippen molar-refractivity contribution in [2.45, 2.75) is 19.9 Å². The van der Waals surface area contributed by atoms with Crippen LogP contribution in [0.4, 0.5) is 4.79 Å². The van der Waals surface area contributed by atoms with Crippen molar-refractivity contribution in [3.05, 3.63) is 0 Å². The quantitative estimate of drug-likeness (QED) is 0.612. The first-order valence-electron chi connectivity index (χ1n) is 4.31. The van der Waals surface area contributed by atoms with E-state index < -0.39 is 0 Å². The molecule has 0 spiro atoms. The Hall–Kier alpha value is -1.06. The highest BCUT2D eigenvalue weighted by molar-refractivity contribution is 5.77. The van der Waals surface area contributed by atoms with Crippen molar-refractivity contribution in [2.24, 2.45) is 5.92 Å². The molecule has 0 heterocycles. The van der Waals surface area contributed by atoms with E-state index in [9.17, 15) is 9.59 Å². The molecule has 0 bridgehead atoms. The Morgan fingerprint density at radius 3 is 1.92 bits per heavy atom. The first kappa shape index (κ1) is 11.9. The summed E-state index contributed by atoms with van der Waals surface area (Å²) in [7, 11) is 4.98. The summed E-state index contributed by atoms with van der Waals surface area (Å²) in [5.74, 6) is 0.145. The molecule has 0 radical (unpaired) electrons. The van der Waals surface area contributed by atoms with Gasteiger partial charge in [0.15, 0.2) is 0 Å². The van der Waals surface area contributed by atoms with E-state index in [2.05, 4.69) is 0 Å². The maximum absolute atomic E-state index is 11.4. The highest BCUT2D eigenvalue weighted by Gasteiger charge is 2.22. The van der Waals surface area contributed by atoms with Crippen LogP contribution in [-0.4, -0.2) is 49.3 Å². The summed E-state index contributed by atoms with van der Waals surface area (Å²) in [6.45, 7) is 3.83. The van der Waals surface area contributed by atoms with Crippen LogP contribution < -0.4 is 0 Å². The number of hydrogen-bond acceptors (Lipinski definition) is 2. The second kappa shape index (κ2) is 4.84. The topological polar surface area (TPSA) is 40.6 Å². The zero-order valence-corrected chi connectivity index (χ0v) is 8.94. The predicted molar refractivity (Wildman–Crippen MR) is 51.5 cm³/mol. The Bertz CT molecular complexity index is 190. The summed E-state index contributed by atoms with van der Waals surface area (Å²) in [5.41, 5.74) is 0. The maximum atomic E-state index is 11.4. The van der Waals surface area contributed by atoms with E-state index in [1.54, 1.807) is 21.1 Å². The zero-order valence-electron chi connectivity index (χ0n) is 8.94. The number of amides is 2. The summed E-state index contributed by atoms with van der Waals surface area (Å²) in [4.78, 5) is 25.1. The minimum absolute atomic E-state index is 0.145. The van der Waals surface area contributed by atoms with Crippen LogP contribution in [0.5, 0.6) is 0 Å². The van der Waals surface area contributed by atoms with E-state index in [1.807, 2.05) is 13.8 Å². The van der Waals surface area contributed by atoms with Crippen molar-refractivity contribution in [1.29, 1.82) is 0 Å². The molecule has 1 unspecified atom stereocenters. The van der Waals surface area contributed by atoms with Gasteiger partial charge in [-0.05, 0) is 5.92 Å². The molecular formula is C9H18N2O2. The SMILES string of the molecule is CC(C)C(C=O)N(C)C(=O)N(C)C. The van der Waals surface area contributed by atoms with Crippen LogP contribution in [0.25, 0.3) is 0 Å². The van der Waals surface area contributed by atoms with E-state index in [0.29, 0.717) is 0 Å². The number of rotatable bonds is 3. The lowest BCUT2D eigenvalue weighted by Crippen LogP contribution is -2.46. The standard InChI is InChI=1S/C9H18N2O2/c1-7(2)8(6-12)11(5)9(13)10(3)4/h6-8H,1-5H3. The van der Waals surface area contributed by atoms with Crippen molar-refractivity contribution in [2.75, 3.05) is 21.1 Å². The Balaban J connectivity index is 4.45. The van der Waals surface area contributed by atoms with Gasteiger partial charge in [0.05, 0.1) is 6.04 Å². The summed E-state index contributed by atoms with van der Waals surface area (Å²) < 4.78 is 0. The fourth-order valence-corrected chi connectivity index (χ4v) is 1.14. The molecule has 0 aromatic carbocycles. The van der Waals surface area contributed by atoms with Crippen molar-refractivity contribution in [3.63, 3.8) is 0 Å². The number of hydrogen-bond donors (Lipinski definition) is 0. The lowest BCUT2D eigenvalue weighted by Gasteiger charge is -2.29. The second-order valence-electron chi connectivity index (χ2n) is 3.66. The molecule has 0 aliphatic heterocycles. The van der Waals surface area contributed by atoms with E-state index in [4.69, 9.17) is 0 Å². The van der Waals surface area contributed by atoms with Crippen LogP contribution >= 0.6 is 0 Å². The van der Waals surface area contributed by atoms with Gasteiger partial charge in [-0.1, -0.05) is 13.8 Å². The van der Waals surface area contributed by atoms with Gasteiger partial charge >= 0.3 is 6.03 Å². The first-order valence-corrected chi connectivity index (χ1v) is 4.31. The van der Waals surface area contributed by atoms with Gasteiger partial charge in [0, 0.05) is 21.1 Å². The van der Waals surface area contributed by atoms with Crippen molar-refractivity contribution in [1.82, 2.24) is 9.80 Å². The Morgan fingerprint density at radius 1 is 1.23 bits per heavy atom. The van der Waals surface area contributed by atoms with Crippen LogP contribution in [0, 0.1) is 5.92 Å².